The van der Waals surface area contributed by atoms with Gasteiger partial charge < -0.3 is 10.1 Å². The van der Waals surface area contributed by atoms with Crippen LogP contribution in [0.15, 0.2) is 61.2 Å². The molecule has 0 radical (unpaired) electrons. The molecule has 0 aromatic heterocycles. The third kappa shape index (κ3) is 4.21. The largest absolute Gasteiger partial charge is 0.490 e. The van der Waals surface area contributed by atoms with Crippen LogP contribution in [0.5, 0.6) is 5.75 Å². The van der Waals surface area contributed by atoms with Gasteiger partial charge in [0.2, 0.25) is 0 Å². The molecule has 2 aromatic carbocycles. The van der Waals surface area contributed by atoms with E-state index in [4.69, 9.17) is 4.74 Å². The summed E-state index contributed by atoms with van der Waals surface area (Å²) in [5.41, 5.74) is 2.61. The van der Waals surface area contributed by atoms with E-state index in [1.165, 1.54) is 5.56 Å². The zero-order valence-electron chi connectivity index (χ0n) is 12.1. The highest BCUT2D eigenvalue weighted by molar-refractivity contribution is 6.04. The van der Waals surface area contributed by atoms with Gasteiger partial charge in [-0.1, -0.05) is 31.7 Å². The number of carbonyl (C=O) groups excluding carboxylic acids is 1. The number of amides is 1. The van der Waals surface area contributed by atoms with E-state index in [1.807, 2.05) is 48.5 Å². The molecule has 0 aliphatic carbocycles. The first kappa shape index (κ1) is 14.9. The van der Waals surface area contributed by atoms with E-state index in [-0.39, 0.29) is 5.91 Å². The Morgan fingerprint density at radius 3 is 2.38 bits per heavy atom. The van der Waals surface area contributed by atoms with Crippen LogP contribution >= 0.6 is 0 Å². The molecule has 2 rings (SSSR count). The summed E-state index contributed by atoms with van der Waals surface area (Å²) in [5.74, 6) is 0.637. The molecule has 1 N–H and O–H groups in total. The van der Waals surface area contributed by atoms with Crippen molar-refractivity contribution in [2.75, 3.05) is 11.9 Å². The molecule has 0 saturated carbocycles. The zero-order valence-corrected chi connectivity index (χ0v) is 12.1. The lowest BCUT2D eigenvalue weighted by Gasteiger charge is -2.07. The number of aryl methyl sites for hydroxylation is 1. The highest BCUT2D eigenvalue weighted by Gasteiger charge is 2.05. The summed E-state index contributed by atoms with van der Waals surface area (Å²) in [6.07, 6.45) is 2.66. The van der Waals surface area contributed by atoms with Crippen molar-refractivity contribution >= 4 is 11.6 Å². The molecule has 21 heavy (non-hydrogen) atoms. The smallest absolute Gasteiger partial charge is 0.255 e. The van der Waals surface area contributed by atoms with Crippen molar-refractivity contribution in [3.8, 4) is 5.75 Å². The van der Waals surface area contributed by atoms with Crippen LogP contribution in [0.3, 0.4) is 0 Å². The molecular weight excluding hydrogens is 262 g/mol. The summed E-state index contributed by atoms with van der Waals surface area (Å²) in [6.45, 7) is 6.15. The normalized spacial score (nSPS) is 9.95. The van der Waals surface area contributed by atoms with Crippen molar-refractivity contribution in [3.05, 3.63) is 72.3 Å². The third-order valence-corrected chi connectivity index (χ3v) is 3.10. The number of nitrogens with one attached hydrogen (secondary N) is 1. The number of ether oxygens (including phenoxy) is 1. The number of anilines is 1. The first-order chi connectivity index (χ1) is 10.2. The number of benzene rings is 2. The van der Waals surface area contributed by atoms with Gasteiger partial charge in [-0.05, 0) is 48.4 Å². The van der Waals surface area contributed by atoms with Gasteiger partial charge in [0.05, 0.1) is 0 Å². The second kappa shape index (κ2) is 7.29. The molecule has 2 aromatic rings. The van der Waals surface area contributed by atoms with Crippen molar-refractivity contribution in [1.82, 2.24) is 0 Å². The summed E-state index contributed by atoms with van der Waals surface area (Å²) >= 11 is 0. The first-order valence-corrected chi connectivity index (χ1v) is 6.97. The summed E-state index contributed by atoms with van der Waals surface area (Å²) in [7, 11) is 0. The monoisotopic (exact) mass is 281 g/mol. The van der Waals surface area contributed by atoms with E-state index in [0.717, 1.165) is 17.9 Å². The first-order valence-electron chi connectivity index (χ1n) is 6.97. The van der Waals surface area contributed by atoms with Gasteiger partial charge in [0.25, 0.3) is 5.91 Å². The molecular formula is C18H19NO2. The molecule has 0 atom stereocenters. The summed E-state index contributed by atoms with van der Waals surface area (Å²) in [6, 6.07) is 14.9. The van der Waals surface area contributed by atoms with Gasteiger partial charge in [-0.25, -0.2) is 0 Å². The van der Waals surface area contributed by atoms with E-state index in [2.05, 4.69) is 18.8 Å². The van der Waals surface area contributed by atoms with Gasteiger partial charge in [-0.2, -0.15) is 0 Å². The Labute approximate surface area is 125 Å². The van der Waals surface area contributed by atoms with Crippen molar-refractivity contribution in [2.24, 2.45) is 0 Å². The minimum Gasteiger partial charge on any atom is -0.490 e. The van der Waals surface area contributed by atoms with Crippen LogP contribution in [-0.2, 0) is 6.42 Å². The van der Waals surface area contributed by atoms with Crippen molar-refractivity contribution in [1.29, 1.82) is 0 Å². The molecule has 3 nitrogen and oxygen atoms in total. The Kier molecular flexibility index (Phi) is 5.16. The lowest BCUT2D eigenvalue weighted by Crippen LogP contribution is -2.11. The van der Waals surface area contributed by atoms with Crippen molar-refractivity contribution in [3.63, 3.8) is 0 Å². The highest BCUT2D eigenvalue weighted by atomic mass is 16.5. The average molecular weight is 281 g/mol. The molecule has 0 spiro atoms. The Morgan fingerprint density at radius 2 is 1.81 bits per heavy atom. The summed E-state index contributed by atoms with van der Waals surface area (Å²) < 4.78 is 5.39. The van der Waals surface area contributed by atoms with Crippen LogP contribution in [0.25, 0.3) is 0 Å². The van der Waals surface area contributed by atoms with Gasteiger partial charge in [0.1, 0.15) is 12.4 Å². The zero-order chi connectivity index (χ0) is 15.1. The topological polar surface area (TPSA) is 38.3 Å². The van der Waals surface area contributed by atoms with Gasteiger partial charge in [0, 0.05) is 11.3 Å². The molecule has 0 fully saturated rings. The van der Waals surface area contributed by atoms with E-state index < -0.39 is 0 Å². The molecule has 0 aliphatic heterocycles. The fourth-order valence-electron chi connectivity index (χ4n) is 1.88. The Morgan fingerprint density at radius 1 is 1.14 bits per heavy atom. The highest BCUT2D eigenvalue weighted by Crippen LogP contribution is 2.16. The summed E-state index contributed by atoms with van der Waals surface area (Å²) in [5, 5.41) is 2.86. The maximum atomic E-state index is 12.1. The minimum atomic E-state index is -0.114. The van der Waals surface area contributed by atoms with E-state index >= 15 is 0 Å². The van der Waals surface area contributed by atoms with Gasteiger partial charge in [-0.3, -0.25) is 4.79 Å². The van der Waals surface area contributed by atoms with Gasteiger partial charge >= 0.3 is 0 Å². The molecule has 0 heterocycles. The predicted molar refractivity (Wildman–Crippen MR) is 85.9 cm³/mol. The van der Waals surface area contributed by atoms with Crippen LogP contribution < -0.4 is 10.1 Å². The summed E-state index contributed by atoms with van der Waals surface area (Å²) in [4.78, 5) is 12.1. The number of rotatable bonds is 6. The number of hydrogen-bond acceptors (Lipinski definition) is 2. The second-order valence-corrected chi connectivity index (χ2v) is 4.63. The Bertz CT molecular complexity index is 600. The van der Waals surface area contributed by atoms with Crippen molar-refractivity contribution < 1.29 is 9.53 Å². The quantitative estimate of drug-likeness (QED) is 0.811. The molecule has 0 saturated heterocycles. The fourth-order valence-corrected chi connectivity index (χ4v) is 1.88. The third-order valence-electron chi connectivity index (χ3n) is 3.10. The Balaban J connectivity index is 1.99. The number of hydrogen-bond donors (Lipinski definition) is 1. The Hall–Kier alpha value is -2.55. The molecule has 0 aliphatic rings. The number of carbonyl (C=O) groups is 1. The van der Waals surface area contributed by atoms with Gasteiger partial charge in [0.15, 0.2) is 0 Å². The fraction of sp³-hybridized carbons (Fsp3) is 0.167. The lowest BCUT2D eigenvalue weighted by molar-refractivity contribution is 0.102. The van der Waals surface area contributed by atoms with E-state index in [0.29, 0.717) is 12.2 Å². The van der Waals surface area contributed by atoms with Crippen LogP contribution in [0.2, 0.25) is 0 Å². The maximum absolute atomic E-state index is 12.1. The molecule has 108 valence electrons. The predicted octanol–water partition coefficient (Wildman–Crippen LogP) is 4.07. The second-order valence-electron chi connectivity index (χ2n) is 4.63. The van der Waals surface area contributed by atoms with Crippen molar-refractivity contribution in [2.45, 2.75) is 13.3 Å². The van der Waals surface area contributed by atoms with E-state index in [1.54, 1.807) is 6.08 Å². The molecule has 3 heteroatoms. The van der Waals surface area contributed by atoms with E-state index in [9.17, 15) is 4.79 Å². The standard InChI is InChI=1S/C18H19NO2/c1-3-13-21-17-11-9-16(10-12-17)19-18(20)15-7-5-14(4-2)6-8-15/h3,5-12H,1,4,13H2,2H3,(H,19,20). The molecule has 1 amide bonds. The molecule has 0 bridgehead atoms. The van der Waals surface area contributed by atoms with Crippen LogP contribution in [0.4, 0.5) is 5.69 Å². The maximum Gasteiger partial charge on any atom is 0.255 e. The minimum absolute atomic E-state index is 0.114. The van der Waals surface area contributed by atoms with Crippen LogP contribution in [-0.4, -0.2) is 12.5 Å². The average Bonchev–Trinajstić information content (AvgIpc) is 2.54. The lowest BCUT2D eigenvalue weighted by atomic mass is 10.1. The van der Waals surface area contributed by atoms with Crippen LogP contribution in [0.1, 0.15) is 22.8 Å². The SMILES string of the molecule is C=CCOc1ccc(NC(=O)c2ccc(CC)cc2)cc1. The van der Waals surface area contributed by atoms with Gasteiger partial charge in [-0.15, -0.1) is 0 Å². The van der Waals surface area contributed by atoms with Crippen LogP contribution in [0, 0.1) is 0 Å². The molecule has 0 unspecified atom stereocenters.